The van der Waals surface area contributed by atoms with Crippen molar-refractivity contribution in [2.24, 2.45) is 0 Å². The molecule has 0 aliphatic rings. The van der Waals surface area contributed by atoms with Gasteiger partial charge in [0.2, 0.25) is 0 Å². The van der Waals surface area contributed by atoms with Crippen LogP contribution in [0.15, 0.2) is 60.8 Å². The van der Waals surface area contributed by atoms with Gasteiger partial charge in [-0.1, -0.05) is 313 Å². The van der Waals surface area contributed by atoms with Gasteiger partial charge in [0.15, 0.2) is 6.10 Å². The van der Waals surface area contributed by atoms with Crippen molar-refractivity contribution in [1.29, 1.82) is 0 Å². The zero-order chi connectivity index (χ0) is 55.7. The lowest BCUT2D eigenvalue weighted by atomic mass is 10.0. The highest BCUT2D eigenvalue weighted by atomic mass is 16.6. The van der Waals surface area contributed by atoms with Crippen molar-refractivity contribution in [2.75, 3.05) is 13.2 Å². The SMILES string of the molecule is CCC/C=C\C/C=C\CCCCCCCC(=O)OCC(COC(=O)CCCCCCCCCCCC/C=C\C/C=C\C/C=C\CCCCCCC)OC(=O)CCCCCCCCCCCCCCCCCCCCCCC. The smallest absolute Gasteiger partial charge is 0.306 e. The highest BCUT2D eigenvalue weighted by Gasteiger charge is 2.19. The fourth-order valence-corrected chi connectivity index (χ4v) is 9.90. The van der Waals surface area contributed by atoms with E-state index in [1.54, 1.807) is 0 Å². The lowest BCUT2D eigenvalue weighted by molar-refractivity contribution is -0.167. The molecule has 0 aromatic rings. The van der Waals surface area contributed by atoms with Crippen LogP contribution < -0.4 is 0 Å². The number of ether oxygens (including phenoxy) is 3. The molecule has 0 N–H and O–H groups in total. The van der Waals surface area contributed by atoms with Crippen molar-refractivity contribution in [1.82, 2.24) is 0 Å². The summed E-state index contributed by atoms with van der Waals surface area (Å²) in [5.41, 5.74) is 0. The van der Waals surface area contributed by atoms with Crippen molar-refractivity contribution in [3.05, 3.63) is 60.8 Å². The second kappa shape index (κ2) is 65.6. The Kier molecular flexibility index (Phi) is 63.2. The van der Waals surface area contributed by atoms with E-state index in [1.165, 1.54) is 218 Å². The summed E-state index contributed by atoms with van der Waals surface area (Å²) < 4.78 is 16.9. The van der Waals surface area contributed by atoms with Gasteiger partial charge >= 0.3 is 17.9 Å². The Hall–Kier alpha value is -2.89. The quantitative estimate of drug-likeness (QED) is 0.0261. The fourth-order valence-electron chi connectivity index (χ4n) is 9.90. The van der Waals surface area contributed by atoms with Crippen LogP contribution in [0, 0.1) is 0 Å². The topological polar surface area (TPSA) is 78.9 Å². The number of unbranched alkanes of at least 4 members (excludes halogenated alkanes) is 41. The van der Waals surface area contributed by atoms with Gasteiger partial charge in [-0.15, -0.1) is 0 Å². The maximum atomic E-state index is 12.9. The molecule has 6 heteroatoms. The van der Waals surface area contributed by atoms with E-state index in [2.05, 4.69) is 81.5 Å². The minimum Gasteiger partial charge on any atom is -0.462 e. The van der Waals surface area contributed by atoms with Crippen molar-refractivity contribution >= 4 is 17.9 Å². The van der Waals surface area contributed by atoms with Crippen molar-refractivity contribution in [3.63, 3.8) is 0 Å². The standard InChI is InChI=1S/C71H128O6/c1-4-7-10-13-16-19-22-25-27-29-31-33-34-35-36-38-39-41-43-46-49-52-55-58-61-64-70(73)76-67-68(66-75-69(72)63-60-57-54-51-48-45-24-21-18-15-12-9-6-3)77-71(74)65-62-59-56-53-50-47-44-42-40-37-32-30-28-26-23-20-17-14-11-8-5-2/h12,15,21-22,24-25,29,31,34-35,68H,4-11,13-14,16-20,23,26-28,30,32-33,36-67H2,1-3H3/b15-12-,24-21-,25-22-,31-29-,35-34-. The monoisotopic (exact) mass is 1080 g/mol. The number of esters is 3. The molecule has 0 spiro atoms. The molecule has 0 aromatic carbocycles. The summed E-state index contributed by atoms with van der Waals surface area (Å²) in [6.07, 6.45) is 83.8. The molecule has 1 unspecified atom stereocenters. The van der Waals surface area contributed by atoms with E-state index < -0.39 is 6.10 Å². The number of carbonyl (C=O) groups excluding carboxylic acids is 3. The van der Waals surface area contributed by atoms with Crippen LogP contribution in [0.1, 0.15) is 355 Å². The lowest BCUT2D eigenvalue weighted by Crippen LogP contribution is -2.30. The van der Waals surface area contributed by atoms with Crippen molar-refractivity contribution in [2.45, 2.75) is 361 Å². The summed E-state index contributed by atoms with van der Waals surface area (Å²) in [5.74, 6) is -0.875. The van der Waals surface area contributed by atoms with Gasteiger partial charge in [0.1, 0.15) is 13.2 Å². The van der Waals surface area contributed by atoms with Gasteiger partial charge in [0.25, 0.3) is 0 Å². The number of rotatable bonds is 62. The first-order valence-electron chi connectivity index (χ1n) is 33.8. The minimum absolute atomic E-state index is 0.0777. The summed E-state index contributed by atoms with van der Waals surface area (Å²) in [6.45, 7) is 6.60. The second-order valence-electron chi connectivity index (χ2n) is 22.7. The average molecular weight is 1080 g/mol. The van der Waals surface area contributed by atoms with Gasteiger partial charge in [-0.25, -0.2) is 0 Å². The molecular formula is C71H128O6. The Morgan fingerprint density at radius 3 is 0.779 bits per heavy atom. The molecule has 1 atom stereocenters. The summed E-state index contributed by atoms with van der Waals surface area (Å²) in [6, 6.07) is 0. The van der Waals surface area contributed by atoms with Crippen LogP contribution in [0.4, 0.5) is 0 Å². The molecule has 0 fully saturated rings. The van der Waals surface area contributed by atoms with Crippen molar-refractivity contribution in [3.8, 4) is 0 Å². The summed E-state index contributed by atoms with van der Waals surface area (Å²) in [7, 11) is 0. The van der Waals surface area contributed by atoms with Crippen LogP contribution in [0.25, 0.3) is 0 Å². The molecule has 0 rings (SSSR count). The maximum Gasteiger partial charge on any atom is 0.306 e. The van der Waals surface area contributed by atoms with E-state index in [1.807, 2.05) is 0 Å². The number of hydrogen-bond acceptors (Lipinski definition) is 6. The van der Waals surface area contributed by atoms with Crippen LogP contribution in [-0.4, -0.2) is 37.2 Å². The third-order valence-electron chi connectivity index (χ3n) is 15.0. The largest absolute Gasteiger partial charge is 0.462 e. The predicted octanol–water partition coefficient (Wildman–Crippen LogP) is 23.1. The molecule has 77 heavy (non-hydrogen) atoms. The first-order valence-corrected chi connectivity index (χ1v) is 33.8. The van der Waals surface area contributed by atoms with Gasteiger partial charge in [-0.2, -0.15) is 0 Å². The number of carbonyl (C=O) groups is 3. The molecule has 0 amide bonds. The maximum absolute atomic E-state index is 12.9. The van der Waals surface area contributed by atoms with Gasteiger partial charge in [0, 0.05) is 19.3 Å². The highest BCUT2D eigenvalue weighted by molar-refractivity contribution is 5.71. The normalized spacial score (nSPS) is 12.4. The second-order valence-corrected chi connectivity index (χ2v) is 22.7. The Balaban J connectivity index is 4.28. The third kappa shape index (κ3) is 63.8. The average Bonchev–Trinajstić information content (AvgIpc) is 3.43. The Morgan fingerprint density at radius 1 is 0.260 bits per heavy atom. The van der Waals surface area contributed by atoms with Crippen LogP contribution in [0.2, 0.25) is 0 Å². The Bertz CT molecular complexity index is 1380. The molecule has 0 saturated carbocycles. The van der Waals surface area contributed by atoms with E-state index in [-0.39, 0.29) is 31.1 Å². The Labute approximate surface area is 479 Å². The molecule has 0 bridgehead atoms. The van der Waals surface area contributed by atoms with E-state index in [4.69, 9.17) is 14.2 Å². The van der Waals surface area contributed by atoms with Gasteiger partial charge < -0.3 is 14.2 Å². The lowest BCUT2D eigenvalue weighted by Gasteiger charge is -2.18. The minimum atomic E-state index is -0.781. The van der Waals surface area contributed by atoms with E-state index in [9.17, 15) is 14.4 Å². The molecule has 0 heterocycles. The van der Waals surface area contributed by atoms with Crippen LogP contribution in [-0.2, 0) is 28.6 Å². The molecule has 448 valence electrons. The molecule has 0 saturated heterocycles. The molecule has 0 aromatic heterocycles. The summed E-state index contributed by atoms with van der Waals surface area (Å²) in [5, 5.41) is 0. The fraction of sp³-hybridized carbons (Fsp3) is 0.817. The number of hydrogen-bond donors (Lipinski definition) is 0. The number of allylic oxidation sites excluding steroid dienone is 10. The highest BCUT2D eigenvalue weighted by Crippen LogP contribution is 2.18. The zero-order valence-electron chi connectivity index (χ0n) is 51.5. The Morgan fingerprint density at radius 2 is 0.494 bits per heavy atom. The third-order valence-corrected chi connectivity index (χ3v) is 15.0. The molecule has 6 nitrogen and oxygen atoms in total. The molecule has 0 aliphatic heterocycles. The van der Waals surface area contributed by atoms with E-state index >= 15 is 0 Å². The summed E-state index contributed by atoms with van der Waals surface area (Å²) >= 11 is 0. The van der Waals surface area contributed by atoms with E-state index in [0.717, 1.165) is 96.3 Å². The first-order chi connectivity index (χ1) is 38.0. The summed E-state index contributed by atoms with van der Waals surface area (Å²) in [4.78, 5) is 38.4. The van der Waals surface area contributed by atoms with Crippen LogP contribution in [0.5, 0.6) is 0 Å². The predicted molar refractivity (Wildman–Crippen MR) is 335 cm³/mol. The van der Waals surface area contributed by atoms with Gasteiger partial charge in [-0.3, -0.25) is 14.4 Å². The molecule has 0 radical (unpaired) electrons. The van der Waals surface area contributed by atoms with Gasteiger partial charge in [0.05, 0.1) is 0 Å². The van der Waals surface area contributed by atoms with Crippen LogP contribution >= 0.6 is 0 Å². The first kappa shape index (κ1) is 74.1. The van der Waals surface area contributed by atoms with E-state index in [0.29, 0.717) is 19.3 Å². The van der Waals surface area contributed by atoms with Crippen LogP contribution in [0.3, 0.4) is 0 Å². The zero-order valence-corrected chi connectivity index (χ0v) is 51.5. The molecular weight excluding hydrogens is 949 g/mol. The molecule has 0 aliphatic carbocycles. The van der Waals surface area contributed by atoms with Crippen molar-refractivity contribution < 1.29 is 28.6 Å². The van der Waals surface area contributed by atoms with Gasteiger partial charge in [-0.05, 0) is 83.5 Å².